The molecule has 0 spiro atoms. The van der Waals surface area contributed by atoms with Crippen molar-refractivity contribution in [3.63, 3.8) is 0 Å². The third kappa shape index (κ3) is 7.25. The summed E-state index contributed by atoms with van der Waals surface area (Å²) < 4.78 is 11.8. The Hall–Kier alpha value is -0.643. The fourth-order valence-electron chi connectivity index (χ4n) is 1.83. The number of benzene rings is 1. The molecule has 120 valence electrons. The molecule has 1 aromatic rings. The molecule has 0 saturated heterocycles. The van der Waals surface area contributed by atoms with E-state index in [0.717, 1.165) is 39.1 Å². The van der Waals surface area contributed by atoms with Gasteiger partial charge in [-0.05, 0) is 43.0 Å². The highest BCUT2D eigenvalue weighted by atomic mass is 28.4. The first-order valence-electron chi connectivity index (χ1n) is 8.08. The normalized spacial score (nSPS) is 12.6. The van der Waals surface area contributed by atoms with Crippen molar-refractivity contribution in [2.75, 3.05) is 19.8 Å². The Kier molecular flexibility index (Phi) is 7.64. The van der Waals surface area contributed by atoms with Gasteiger partial charge in [0.2, 0.25) is 0 Å². The smallest absolute Gasteiger partial charge is 0.191 e. The van der Waals surface area contributed by atoms with Crippen LogP contribution in [0.2, 0.25) is 18.1 Å². The van der Waals surface area contributed by atoms with Crippen LogP contribution in [-0.2, 0) is 15.6 Å². The molecule has 0 amide bonds. The fourth-order valence-corrected chi connectivity index (χ4v) is 2.92. The van der Waals surface area contributed by atoms with E-state index in [1.54, 1.807) is 0 Å². The molecule has 2 nitrogen and oxygen atoms in total. The molecule has 0 atom stereocenters. The van der Waals surface area contributed by atoms with Gasteiger partial charge in [0.05, 0.1) is 0 Å². The molecule has 1 rings (SSSR count). The molecule has 0 saturated carbocycles. The summed E-state index contributed by atoms with van der Waals surface area (Å²) in [6.07, 6.45) is 3.19. The first-order chi connectivity index (χ1) is 9.83. The van der Waals surface area contributed by atoms with E-state index >= 15 is 0 Å². The van der Waals surface area contributed by atoms with Crippen LogP contribution in [0.5, 0.6) is 0 Å². The molecule has 0 aliphatic rings. The van der Waals surface area contributed by atoms with E-state index in [0.29, 0.717) is 5.04 Å². The van der Waals surface area contributed by atoms with Crippen molar-refractivity contribution in [3.8, 4) is 0 Å². The highest BCUT2D eigenvalue weighted by Gasteiger charge is 2.36. The van der Waals surface area contributed by atoms with Gasteiger partial charge < -0.3 is 9.16 Å². The molecule has 0 radical (unpaired) electrons. The Morgan fingerprint density at radius 2 is 1.52 bits per heavy atom. The van der Waals surface area contributed by atoms with Gasteiger partial charge in [-0.25, -0.2) is 0 Å². The molecule has 0 aliphatic carbocycles. The SMILES string of the molecule is CC(C)(C)[Si](C)(C)OCCCOCCCc1ccccc1. The summed E-state index contributed by atoms with van der Waals surface area (Å²) in [5.41, 5.74) is 1.39. The van der Waals surface area contributed by atoms with E-state index in [4.69, 9.17) is 9.16 Å². The van der Waals surface area contributed by atoms with Crippen LogP contribution < -0.4 is 0 Å². The highest BCUT2D eigenvalue weighted by Crippen LogP contribution is 2.36. The summed E-state index contributed by atoms with van der Waals surface area (Å²) in [7, 11) is -1.58. The second-order valence-electron chi connectivity index (χ2n) is 7.16. The standard InChI is InChI=1S/C18H32O2Si/c1-18(2,3)21(4,5)20-16-10-15-19-14-9-13-17-11-7-6-8-12-17/h6-8,11-12H,9-10,13-16H2,1-5H3. The number of hydrogen-bond acceptors (Lipinski definition) is 2. The minimum atomic E-state index is -1.58. The fraction of sp³-hybridized carbons (Fsp3) is 0.667. The molecule has 0 N–H and O–H groups in total. The summed E-state index contributed by atoms with van der Waals surface area (Å²) in [6.45, 7) is 13.9. The van der Waals surface area contributed by atoms with Gasteiger partial charge in [-0.3, -0.25) is 0 Å². The van der Waals surface area contributed by atoms with Gasteiger partial charge in [-0.2, -0.15) is 0 Å². The Morgan fingerprint density at radius 3 is 2.14 bits per heavy atom. The zero-order valence-electron chi connectivity index (χ0n) is 14.4. The van der Waals surface area contributed by atoms with Crippen LogP contribution in [0.3, 0.4) is 0 Å². The molecule has 0 fully saturated rings. The summed E-state index contributed by atoms with van der Waals surface area (Å²) in [6, 6.07) is 10.6. The van der Waals surface area contributed by atoms with Crippen LogP contribution in [0.1, 0.15) is 39.2 Å². The van der Waals surface area contributed by atoms with Crippen molar-refractivity contribution in [2.45, 2.75) is 58.2 Å². The Bertz CT molecular complexity index is 382. The van der Waals surface area contributed by atoms with E-state index in [1.807, 2.05) is 0 Å². The maximum absolute atomic E-state index is 6.13. The van der Waals surface area contributed by atoms with E-state index in [1.165, 1.54) is 5.56 Å². The van der Waals surface area contributed by atoms with E-state index in [9.17, 15) is 0 Å². The highest BCUT2D eigenvalue weighted by molar-refractivity contribution is 6.74. The predicted molar refractivity (Wildman–Crippen MR) is 93.3 cm³/mol. The number of hydrogen-bond donors (Lipinski definition) is 0. The van der Waals surface area contributed by atoms with Crippen LogP contribution in [0, 0.1) is 0 Å². The lowest BCUT2D eigenvalue weighted by atomic mass is 10.1. The van der Waals surface area contributed by atoms with E-state index in [2.05, 4.69) is 64.2 Å². The zero-order chi connectivity index (χ0) is 15.8. The molecule has 0 aliphatic heterocycles. The van der Waals surface area contributed by atoms with Gasteiger partial charge in [0, 0.05) is 19.8 Å². The Balaban J connectivity index is 2.00. The molecule has 21 heavy (non-hydrogen) atoms. The number of ether oxygens (including phenoxy) is 1. The van der Waals surface area contributed by atoms with Gasteiger partial charge in [0.25, 0.3) is 0 Å². The van der Waals surface area contributed by atoms with Crippen molar-refractivity contribution in [2.24, 2.45) is 0 Å². The maximum atomic E-state index is 6.13. The third-order valence-corrected chi connectivity index (χ3v) is 8.84. The van der Waals surface area contributed by atoms with Crippen LogP contribution in [0.25, 0.3) is 0 Å². The van der Waals surface area contributed by atoms with Gasteiger partial charge in [0.1, 0.15) is 0 Å². The largest absolute Gasteiger partial charge is 0.417 e. The van der Waals surface area contributed by atoms with Crippen molar-refractivity contribution < 1.29 is 9.16 Å². The molecule has 0 unspecified atom stereocenters. The summed E-state index contributed by atoms with van der Waals surface area (Å²) in [5, 5.41) is 0.295. The Labute approximate surface area is 132 Å². The quantitative estimate of drug-likeness (QED) is 0.469. The molecular weight excluding hydrogens is 276 g/mol. The predicted octanol–water partition coefficient (Wildman–Crippen LogP) is 5.05. The minimum Gasteiger partial charge on any atom is -0.417 e. The minimum absolute atomic E-state index is 0.295. The van der Waals surface area contributed by atoms with Crippen LogP contribution in [-0.4, -0.2) is 28.1 Å². The first kappa shape index (κ1) is 18.4. The maximum Gasteiger partial charge on any atom is 0.191 e. The molecular formula is C18H32O2Si. The van der Waals surface area contributed by atoms with Crippen molar-refractivity contribution in [3.05, 3.63) is 35.9 Å². The van der Waals surface area contributed by atoms with Crippen LogP contribution in [0.15, 0.2) is 30.3 Å². The molecule has 1 aromatic carbocycles. The monoisotopic (exact) mass is 308 g/mol. The van der Waals surface area contributed by atoms with Crippen LogP contribution >= 0.6 is 0 Å². The first-order valence-corrected chi connectivity index (χ1v) is 11.0. The Morgan fingerprint density at radius 1 is 0.905 bits per heavy atom. The average Bonchev–Trinajstić information content (AvgIpc) is 2.41. The zero-order valence-corrected chi connectivity index (χ0v) is 15.4. The topological polar surface area (TPSA) is 18.5 Å². The summed E-state index contributed by atoms with van der Waals surface area (Å²) >= 11 is 0. The van der Waals surface area contributed by atoms with E-state index in [-0.39, 0.29) is 0 Å². The second-order valence-corrected chi connectivity index (χ2v) is 12.0. The lowest BCUT2D eigenvalue weighted by Gasteiger charge is -2.36. The van der Waals surface area contributed by atoms with Gasteiger partial charge in [0.15, 0.2) is 8.32 Å². The van der Waals surface area contributed by atoms with E-state index < -0.39 is 8.32 Å². The van der Waals surface area contributed by atoms with Gasteiger partial charge in [-0.15, -0.1) is 0 Å². The van der Waals surface area contributed by atoms with Gasteiger partial charge >= 0.3 is 0 Å². The number of rotatable bonds is 9. The number of aryl methyl sites for hydroxylation is 1. The molecule has 0 aromatic heterocycles. The third-order valence-electron chi connectivity index (χ3n) is 4.30. The van der Waals surface area contributed by atoms with Crippen molar-refractivity contribution >= 4 is 8.32 Å². The van der Waals surface area contributed by atoms with Crippen LogP contribution in [0.4, 0.5) is 0 Å². The molecule has 0 bridgehead atoms. The summed E-state index contributed by atoms with van der Waals surface area (Å²) in [5.74, 6) is 0. The second kappa shape index (κ2) is 8.72. The van der Waals surface area contributed by atoms with Crippen molar-refractivity contribution in [1.82, 2.24) is 0 Å². The summed E-state index contributed by atoms with van der Waals surface area (Å²) in [4.78, 5) is 0. The lowest BCUT2D eigenvalue weighted by Crippen LogP contribution is -2.41. The molecule has 3 heteroatoms. The van der Waals surface area contributed by atoms with Gasteiger partial charge in [-0.1, -0.05) is 51.1 Å². The van der Waals surface area contributed by atoms with Crippen molar-refractivity contribution in [1.29, 1.82) is 0 Å². The molecule has 0 heterocycles. The average molecular weight is 309 g/mol. The lowest BCUT2D eigenvalue weighted by molar-refractivity contribution is 0.115.